The first kappa shape index (κ1) is 23.9. The Bertz CT molecular complexity index is 855. The lowest BCUT2D eigenvalue weighted by Crippen LogP contribution is -2.34. The summed E-state index contributed by atoms with van der Waals surface area (Å²) in [5, 5.41) is 0.512. The number of halogens is 4. The van der Waals surface area contributed by atoms with Crippen molar-refractivity contribution in [2.45, 2.75) is 60.1 Å². The fraction of sp³-hybridized carbons (Fsp3) is 0.526. The summed E-state index contributed by atoms with van der Waals surface area (Å²) in [7, 11) is 0. The van der Waals surface area contributed by atoms with Gasteiger partial charge >= 0.3 is 12.3 Å². The molecule has 0 fully saturated rings. The second-order valence-electron chi connectivity index (χ2n) is 6.93. The number of carbonyl (C=O) groups excluding carboxylic acids is 2. The molecule has 0 unspecified atom stereocenters. The van der Waals surface area contributed by atoms with Gasteiger partial charge in [0.2, 0.25) is 0 Å². The largest absolute Gasteiger partial charge is 0.394 e. The van der Waals surface area contributed by atoms with E-state index in [-0.39, 0.29) is 12.6 Å². The van der Waals surface area contributed by atoms with E-state index in [1.807, 2.05) is 20.8 Å². The third-order valence-electron chi connectivity index (χ3n) is 4.34. The number of nitrogens with zero attached hydrogens (tertiary/aromatic N) is 3. The van der Waals surface area contributed by atoms with E-state index in [4.69, 9.17) is 21.2 Å². The van der Waals surface area contributed by atoms with Crippen molar-refractivity contribution in [1.82, 2.24) is 14.5 Å². The van der Waals surface area contributed by atoms with E-state index in [2.05, 4.69) is 9.97 Å². The Morgan fingerprint density at radius 2 is 1.75 bits per heavy atom. The van der Waals surface area contributed by atoms with Crippen LogP contribution in [-0.4, -0.2) is 26.9 Å². The van der Waals surface area contributed by atoms with Gasteiger partial charge in [0.25, 0.3) is 0 Å². The van der Waals surface area contributed by atoms with Crippen molar-refractivity contribution < 1.29 is 22.8 Å². The van der Waals surface area contributed by atoms with Crippen LogP contribution in [0.15, 0.2) is 12.3 Å². The number of imidazole rings is 1. The smallest absolute Gasteiger partial charge is 0.270 e. The lowest BCUT2D eigenvalue weighted by molar-refractivity contribution is -0.211. The van der Waals surface area contributed by atoms with E-state index in [9.17, 15) is 13.2 Å². The maximum atomic E-state index is 13.1. The van der Waals surface area contributed by atoms with E-state index < -0.39 is 11.6 Å². The van der Waals surface area contributed by atoms with Crippen molar-refractivity contribution in [3.63, 3.8) is 0 Å². The average molecular weight is 418 g/mol. The molecule has 0 aromatic carbocycles. The van der Waals surface area contributed by atoms with E-state index in [1.54, 1.807) is 10.6 Å². The molecule has 0 saturated heterocycles. The van der Waals surface area contributed by atoms with Crippen LogP contribution in [0, 0.1) is 12.3 Å². The van der Waals surface area contributed by atoms with Crippen LogP contribution < -0.4 is 0 Å². The van der Waals surface area contributed by atoms with Crippen LogP contribution >= 0.6 is 11.6 Å². The van der Waals surface area contributed by atoms with Crippen LogP contribution in [0.25, 0.3) is 5.82 Å². The van der Waals surface area contributed by atoms with Crippen molar-refractivity contribution >= 4 is 17.8 Å². The predicted molar refractivity (Wildman–Crippen MR) is 98.4 cm³/mol. The molecule has 0 radical (unpaired) electrons. The quantitative estimate of drug-likeness (QED) is 0.694. The molecular weight excluding hydrogens is 395 g/mol. The number of aromatic nitrogens is 3. The van der Waals surface area contributed by atoms with Gasteiger partial charge in [-0.1, -0.05) is 45.4 Å². The summed E-state index contributed by atoms with van der Waals surface area (Å²) in [6.45, 7) is 8.18. The molecule has 0 bridgehead atoms. The highest BCUT2D eigenvalue weighted by atomic mass is 35.5. The van der Waals surface area contributed by atoms with Gasteiger partial charge in [-0.05, 0) is 30.9 Å². The van der Waals surface area contributed by atoms with E-state index >= 15 is 0 Å². The summed E-state index contributed by atoms with van der Waals surface area (Å²) in [4.78, 5) is 25.2. The van der Waals surface area contributed by atoms with Gasteiger partial charge in [0.05, 0.1) is 11.1 Å². The molecule has 9 heteroatoms. The maximum Gasteiger partial charge on any atom is 0.394 e. The monoisotopic (exact) mass is 417 g/mol. The van der Waals surface area contributed by atoms with Crippen LogP contribution in [0.2, 0.25) is 5.15 Å². The second-order valence-corrected chi connectivity index (χ2v) is 7.29. The molecule has 2 rings (SSSR count). The number of hydrogen-bond donors (Lipinski definition) is 0. The zero-order valence-corrected chi connectivity index (χ0v) is 17.2. The third-order valence-corrected chi connectivity index (χ3v) is 4.73. The molecule has 0 N–H and O–H groups in total. The van der Waals surface area contributed by atoms with Gasteiger partial charge in [0.1, 0.15) is 16.8 Å². The predicted octanol–water partition coefficient (Wildman–Crippen LogP) is 4.90. The first-order valence-corrected chi connectivity index (χ1v) is 9.09. The lowest BCUT2D eigenvalue weighted by Gasteiger charge is -2.27. The first-order chi connectivity index (χ1) is 12.9. The normalized spacial score (nSPS) is 11.6. The van der Waals surface area contributed by atoms with E-state index in [1.165, 1.54) is 20.0 Å². The first-order valence-electron chi connectivity index (χ1n) is 8.71. The molecule has 154 valence electrons. The molecule has 5 nitrogen and oxygen atoms in total. The summed E-state index contributed by atoms with van der Waals surface area (Å²) >= 11 is 6.43. The molecule has 2 heterocycles. The minimum atomic E-state index is -4.27. The van der Waals surface area contributed by atoms with Gasteiger partial charge in [-0.25, -0.2) is 9.97 Å². The van der Waals surface area contributed by atoms with Gasteiger partial charge in [-0.2, -0.15) is 22.8 Å². The van der Waals surface area contributed by atoms with Gasteiger partial charge in [0, 0.05) is 12.6 Å². The Labute approximate surface area is 166 Å². The molecule has 2 aromatic rings. The molecular formula is C19H23ClF3N3O2. The summed E-state index contributed by atoms with van der Waals surface area (Å²) in [6.07, 6.45) is -1.25. The number of hydrogen-bond acceptors (Lipinski definition) is 4. The fourth-order valence-electron chi connectivity index (χ4n) is 2.74. The fourth-order valence-corrected chi connectivity index (χ4v) is 3.09. The van der Waals surface area contributed by atoms with Gasteiger partial charge in [-0.3, -0.25) is 4.57 Å². The zero-order valence-electron chi connectivity index (χ0n) is 16.4. The molecule has 2 aromatic heterocycles. The topological polar surface area (TPSA) is 64.8 Å². The number of alkyl halides is 3. The summed E-state index contributed by atoms with van der Waals surface area (Å²) in [5.74, 6) is 1.41. The lowest BCUT2D eigenvalue weighted by atomic mass is 9.85. The Morgan fingerprint density at radius 3 is 2.18 bits per heavy atom. The highest BCUT2D eigenvalue weighted by molar-refractivity contribution is 6.30. The van der Waals surface area contributed by atoms with Crippen LogP contribution in [-0.2, 0) is 28.9 Å². The van der Waals surface area contributed by atoms with Crippen LogP contribution in [0.3, 0.4) is 0 Å². The number of rotatable bonds is 5. The highest BCUT2D eigenvalue weighted by Gasteiger charge is 2.47. The highest BCUT2D eigenvalue weighted by Crippen LogP contribution is 2.40. The Morgan fingerprint density at radius 1 is 1.18 bits per heavy atom. The van der Waals surface area contributed by atoms with Gasteiger partial charge < -0.3 is 0 Å². The minimum absolute atomic E-state index is 0.122. The molecule has 0 aliphatic rings. The Hall–Kier alpha value is -2.18. The SMILES string of the molecule is CCc1nc(CC)n(-c2ncc(CC(C)(C)C(F)(F)F)cc2C)c1Cl.O=C=O. The van der Waals surface area contributed by atoms with E-state index in [0.717, 1.165) is 17.1 Å². The summed E-state index contributed by atoms with van der Waals surface area (Å²) < 4.78 is 41.1. The Balaban J connectivity index is 0.00000122. The molecule has 0 amide bonds. The molecule has 0 atom stereocenters. The van der Waals surface area contributed by atoms with Crippen molar-refractivity contribution in [1.29, 1.82) is 0 Å². The second kappa shape index (κ2) is 9.34. The van der Waals surface area contributed by atoms with Crippen molar-refractivity contribution in [3.05, 3.63) is 40.1 Å². The van der Waals surface area contributed by atoms with Gasteiger partial charge in [0.15, 0.2) is 0 Å². The summed E-state index contributed by atoms with van der Waals surface area (Å²) in [5.41, 5.74) is 0.307. The molecule has 0 aliphatic heterocycles. The molecule has 0 spiro atoms. The molecule has 0 aliphatic carbocycles. The number of pyridine rings is 1. The van der Waals surface area contributed by atoms with Crippen LogP contribution in [0.4, 0.5) is 13.2 Å². The minimum Gasteiger partial charge on any atom is -0.270 e. The number of aryl methyl sites for hydroxylation is 3. The summed E-state index contributed by atoms with van der Waals surface area (Å²) in [6, 6.07) is 1.75. The molecule has 28 heavy (non-hydrogen) atoms. The Kier molecular flexibility index (Phi) is 7.96. The van der Waals surface area contributed by atoms with Crippen LogP contribution in [0.5, 0.6) is 0 Å². The van der Waals surface area contributed by atoms with Crippen molar-refractivity contribution in [2.24, 2.45) is 5.41 Å². The average Bonchev–Trinajstić information content (AvgIpc) is 2.90. The van der Waals surface area contributed by atoms with Crippen molar-refractivity contribution in [2.75, 3.05) is 0 Å². The van der Waals surface area contributed by atoms with Gasteiger partial charge in [-0.15, -0.1) is 0 Å². The van der Waals surface area contributed by atoms with Crippen molar-refractivity contribution in [3.8, 4) is 5.82 Å². The van der Waals surface area contributed by atoms with Crippen LogP contribution in [0.1, 0.15) is 50.3 Å². The third kappa shape index (κ3) is 5.20. The zero-order chi connectivity index (χ0) is 21.7. The van der Waals surface area contributed by atoms with E-state index in [0.29, 0.717) is 29.4 Å². The maximum absolute atomic E-state index is 13.1. The molecule has 0 saturated carbocycles. The standard InChI is InChI=1S/C18H23ClF3N3.CO2/c1-6-13-15(19)25(14(7-2)24-13)16-11(3)8-12(10-23-16)9-17(4,5)18(20,21)22;2-1-3/h8,10H,6-7,9H2,1-5H3;.